The summed E-state index contributed by atoms with van der Waals surface area (Å²) in [6, 6.07) is -1.07. The number of aliphatic carboxylic acids is 1. The average Bonchev–Trinajstić information content (AvgIpc) is 2.81. The van der Waals surface area contributed by atoms with Crippen molar-refractivity contribution in [2.24, 2.45) is 0 Å². The fraction of sp³-hybridized carbons (Fsp3) is 0.545. The number of hydrogen-bond donors (Lipinski definition) is 2. The molecule has 1 aliphatic rings. The lowest BCUT2D eigenvalue weighted by atomic mass is 10.3. The fourth-order valence-corrected chi connectivity index (χ4v) is 3.46. The van der Waals surface area contributed by atoms with E-state index in [1.54, 1.807) is 11.8 Å². The van der Waals surface area contributed by atoms with Crippen molar-refractivity contribution in [3.05, 3.63) is 16.1 Å². The van der Waals surface area contributed by atoms with Crippen molar-refractivity contribution in [1.29, 1.82) is 0 Å². The van der Waals surface area contributed by atoms with Crippen LogP contribution in [0.3, 0.4) is 0 Å². The van der Waals surface area contributed by atoms with Crippen LogP contribution in [-0.2, 0) is 11.3 Å². The number of thioether (sulfide) groups is 1. The van der Waals surface area contributed by atoms with Crippen molar-refractivity contribution in [2.75, 3.05) is 18.1 Å². The predicted molar refractivity (Wildman–Crippen MR) is 74.5 cm³/mol. The largest absolute Gasteiger partial charge is 0.480 e. The molecule has 0 aromatic carbocycles. The number of carboxylic acid groups (broad SMARTS) is 1. The van der Waals surface area contributed by atoms with E-state index in [0.717, 1.165) is 16.5 Å². The molecular formula is C11H15N3O3S2. The third kappa shape index (κ3) is 3.60. The zero-order chi connectivity index (χ0) is 13.8. The molecule has 0 radical (unpaired) electrons. The number of nitrogens with one attached hydrogen (secondary N) is 1. The first-order chi connectivity index (χ1) is 9.08. The monoisotopic (exact) mass is 301 g/mol. The smallest absolute Gasteiger partial charge is 0.327 e. The van der Waals surface area contributed by atoms with Gasteiger partial charge in [0.2, 0.25) is 0 Å². The third-order valence-corrected chi connectivity index (χ3v) is 4.61. The highest BCUT2D eigenvalue weighted by Crippen LogP contribution is 2.17. The summed E-state index contributed by atoms with van der Waals surface area (Å²) in [6.07, 6.45) is 0. The van der Waals surface area contributed by atoms with Gasteiger partial charge in [0.1, 0.15) is 6.04 Å². The van der Waals surface area contributed by atoms with E-state index in [2.05, 4.69) is 10.3 Å². The molecule has 104 valence electrons. The van der Waals surface area contributed by atoms with Crippen LogP contribution >= 0.6 is 23.1 Å². The summed E-state index contributed by atoms with van der Waals surface area (Å²) in [5, 5.41) is 14.7. The normalized spacial score (nSPS) is 19.2. The maximum absolute atomic E-state index is 12.0. The van der Waals surface area contributed by atoms with Gasteiger partial charge < -0.3 is 15.3 Å². The zero-order valence-corrected chi connectivity index (χ0v) is 12.1. The number of thiazole rings is 1. The van der Waals surface area contributed by atoms with Gasteiger partial charge in [-0.15, -0.1) is 11.3 Å². The van der Waals surface area contributed by atoms with Crippen LogP contribution in [0.2, 0.25) is 0 Å². The van der Waals surface area contributed by atoms with Gasteiger partial charge in [0.25, 0.3) is 0 Å². The molecule has 19 heavy (non-hydrogen) atoms. The fourth-order valence-electron chi connectivity index (χ4n) is 1.81. The molecular weight excluding hydrogens is 286 g/mol. The van der Waals surface area contributed by atoms with Gasteiger partial charge in [0, 0.05) is 23.4 Å². The van der Waals surface area contributed by atoms with Crippen molar-refractivity contribution in [3.8, 4) is 0 Å². The summed E-state index contributed by atoms with van der Waals surface area (Å²) in [5.41, 5.74) is 0.800. The number of carbonyl (C=O) groups excluding carboxylic acids is 1. The lowest BCUT2D eigenvalue weighted by Gasteiger charge is -2.32. The van der Waals surface area contributed by atoms with Crippen LogP contribution in [-0.4, -0.2) is 51.1 Å². The Kier molecular flexibility index (Phi) is 4.65. The SMILES string of the molecule is Cc1nc(CNC(=O)N2CCSCC2C(=O)O)cs1. The van der Waals surface area contributed by atoms with Crippen molar-refractivity contribution >= 4 is 35.1 Å². The second-order valence-electron chi connectivity index (χ2n) is 4.14. The number of carboxylic acids is 1. The first-order valence-corrected chi connectivity index (χ1v) is 7.87. The molecule has 1 aliphatic heterocycles. The minimum Gasteiger partial charge on any atom is -0.480 e. The molecule has 1 atom stereocenters. The molecule has 1 aromatic rings. The van der Waals surface area contributed by atoms with Crippen molar-refractivity contribution in [3.63, 3.8) is 0 Å². The number of nitrogens with zero attached hydrogens (tertiary/aromatic N) is 2. The Labute approximate surface area is 119 Å². The molecule has 0 aliphatic carbocycles. The zero-order valence-electron chi connectivity index (χ0n) is 10.5. The number of aryl methyl sites for hydroxylation is 1. The number of amides is 2. The van der Waals surface area contributed by atoms with E-state index in [0.29, 0.717) is 18.8 Å². The second-order valence-corrected chi connectivity index (χ2v) is 6.35. The van der Waals surface area contributed by atoms with E-state index in [4.69, 9.17) is 5.11 Å². The number of hydrogen-bond acceptors (Lipinski definition) is 5. The van der Waals surface area contributed by atoms with E-state index in [-0.39, 0.29) is 6.03 Å². The summed E-state index contributed by atoms with van der Waals surface area (Å²) in [5.74, 6) is 0.262. The Bertz CT molecular complexity index is 478. The van der Waals surface area contributed by atoms with Crippen LogP contribution in [0.15, 0.2) is 5.38 Å². The van der Waals surface area contributed by atoms with E-state index in [1.165, 1.54) is 16.2 Å². The molecule has 1 fully saturated rings. The summed E-state index contributed by atoms with van der Waals surface area (Å²) >= 11 is 3.08. The molecule has 2 heterocycles. The van der Waals surface area contributed by atoms with Crippen molar-refractivity contribution < 1.29 is 14.7 Å². The van der Waals surface area contributed by atoms with Crippen molar-refractivity contribution in [1.82, 2.24) is 15.2 Å². The van der Waals surface area contributed by atoms with Gasteiger partial charge in [-0.2, -0.15) is 11.8 Å². The maximum atomic E-state index is 12.0. The first-order valence-electron chi connectivity index (χ1n) is 5.84. The summed E-state index contributed by atoms with van der Waals surface area (Å²) in [4.78, 5) is 28.7. The van der Waals surface area contributed by atoms with Crippen LogP contribution in [0.5, 0.6) is 0 Å². The van der Waals surface area contributed by atoms with Gasteiger partial charge in [0.15, 0.2) is 0 Å². The summed E-state index contributed by atoms with van der Waals surface area (Å²) < 4.78 is 0. The minimum atomic E-state index is -0.952. The summed E-state index contributed by atoms with van der Waals surface area (Å²) in [6.45, 7) is 2.70. The molecule has 2 N–H and O–H groups in total. The topological polar surface area (TPSA) is 82.5 Å². The van der Waals surface area contributed by atoms with Gasteiger partial charge in [-0.3, -0.25) is 0 Å². The lowest BCUT2D eigenvalue weighted by molar-refractivity contribution is -0.141. The van der Waals surface area contributed by atoms with E-state index in [1.807, 2.05) is 12.3 Å². The molecule has 0 spiro atoms. The molecule has 1 unspecified atom stereocenters. The minimum absolute atomic E-state index is 0.332. The van der Waals surface area contributed by atoms with Gasteiger partial charge in [-0.05, 0) is 6.92 Å². The van der Waals surface area contributed by atoms with Crippen LogP contribution in [0.4, 0.5) is 4.79 Å². The van der Waals surface area contributed by atoms with Crippen molar-refractivity contribution in [2.45, 2.75) is 19.5 Å². The average molecular weight is 301 g/mol. The number of rotatable bonds is 3. The molecule has 0 bridgehead atoms. The first kappa shape index (κ1) is 14.1. The number of aromatic nitrogens is 1. The van der Waals surface area contributed by atoms with E-state index >= 15 is 0 Å². The molecule has 1 saturated heterocycles. The highest BCUT2D eigenvalue weighted by molar-refractivity contribution is 7.99. The van der Waals surface area contributed by atoms with Gasteiger partial charge in [-0.1, -0.05) is 0 Å². The third-order valence-electron chi connectivity index (χ3n) is 2.76. The Morgan fingerprint density at radius 3 is 3.05 bits per heavy atom. The Hall–Kier alpha value is -1.28. The lowest BCUT2D eigenvalue weighted by Crippen LogP contribution is -2.53. The maximum Gasteiger partial charge on any atom is 0.327 e. The standard InChI is InChI=1S/C11H15N3O3S2/c1-7-13-8(5-19-7)4-12-11(17)14-2-3-18-6-9(14)10(15)16/h5,9H,2-4,6H2,1H3,(H,12,17)(H,15,16). The van der Waals surface area contributed by atoms with Crippen LogP contribution in [0, 0.1) is 6.92 Å². The Morgan fingerprint density at radius 2 is 2.42 bits per heavy atom. The highest BCUT2D eigenvalue weighted by atomic mass is 32.2. The van der Waals surface area contributed by atoms with Gasteiger partial charge in [0.05, 0.1) is 17.2 Å². The summed E-state index contributed by atoms with van der Waals surface area (Å²) in [7, 11) is 0. The van der Waals surface area contributed by atoms with E-state index < -0.39 is 12.0 Å². The van der Waals surface area contributed by atoms with Crippen LogP contribution in [0.25, 0.3) is 0 Å². The molecule has 2 amide bonds. The van der Waals surface area contributed by atoms with E-state index in [9.17, 15) is 9.59 Å². The van der Waals surface area contributed by atoms with Crippen LogP contribution < -0.4 is 5.32 Å². The second kappa shape index (κ2) is 6.25. The van der Waals surface area contributed by atoms with Gasteiger partial charge >= 0.3 is 12.0 Å². The quantitative estimate of drug-likeness (QED) is 0.875. The molecule has 6 nitrogen and oxygen atoms in total. The molecule has 1 aromatic heterocycles. The Morgan fingerprint density at radius 1 is 1.63 bits per heavy atom. The van der Waals surface area contributed by atoms with Gasteiger partial charge in [-0.25, -0.2) is 14.6 Å². The highest BCUT2D eigenvalue weighted by Gasteiger charge is 2.32. The molecule has 8 heteroatoms. The number of carbonyl (C=O) groups is 2. The molecule has 2 rings (SSSR count). The van der Waals surface area contributed by atoms with Crippen LogP contribution in [0.1, 0.15) is 10.7 Å². The molecule has 0 saturated carbocycles. The number of urea groups is 1. The predicted octanol–water partition coefficient (Wildman–Crippen LogP) is 1.16. The Balaban J connectivity index is 1.92.